The van der Waals surface area contributed by atoms with Crippen LogP contribution in [-0.2, 0) is 4.79 Å². The van der Waals surface area contributed by atoms with Crippen molar-refractivity contribution in [1.29, 1.82) is 5.26 Å². The third-order valence-electron chi connectivity index (χ3n) is 3.17. The van der Waals surface area contributed by atoms with Crippen molar-refractivity contribution in [3.63, 3.8) is 0 Å². The Morgan fingerprint density at radius 1 is 1.63 bits per heavy atom. The van der Waals surface area contributed by atoms with Crippen LogP contribution in [-0.4, -0.2) is 55.6 Å². The maximum atomic E-state index is 12.2. The largest absolute Gasteiger partial charge is 0.355 e. The van der Waals surface area contributed by atoms with Crippen LogP contribution in [0.5, 0.6) is 0 Å². The van der Waals surface area contributed by atoms with E-state index in [4.69, 9.17) is 5.26 Å². The number of likely N-dealkylation sites (N-methyl/N-ethyl adjacent to an activating group) is 1. The Morgan fingerprint density at radius 2 is 2.42 bits per heavy atom. The van der Waals surface area contributed by atoms with Crippen molar-refractivity contribution in [3.8, 4) is 6.07 Å². The molecule has 1 atom stereocenters. The number of carbonyl (C=O) groups excluding carboxylic acids is 1. The summed E-state index contributed by atoms with van der Waals surface area (Å²) in [6, 6.07) is 5.42. The number of nitriles is 1. The van der Waals surface area contributed by atoms with E-state index in [-0.39, 0.29) is 11.9 Å². The van der Waals surface area contributed by atoms with Crippen LogP contribution >= 0.6 is 0 Å². The van der Waals surface area contributed by atoms with Crippen molar-refractivity contribution in [2.24, 2.45) is 0 Å². The van der Waals surface area contributed by atoms with Gasteiger partial charge >= 0.3 is 0 Å². The fourth-order valence-electron chi connectivity index (χ4n) is 2.23. The lowest BCUT2D eigenvalue weighted by Crippen LogP contribution is -2.58. The summed E-state index contributed by atoms with van der Waals surface area (Å²) in [5, 5.41) is 12.3. The monoisotopic (exact) mass is 259 g/mol. The van der Waals surface area contributed by atoms with Gasteiger partial charge in [-0.2, -0.15) is 5.26 Å². The highest BCUT2D eigenvalue weighted by Gasteiger charge is 2.31. The molecule has 1 aliphatic rings. The van der Waals surface area contributed by atoms with Gasteiger partial charge in [0.25, 0.3) is 0 Å². The molecule has 1 amide bonds. The van der Waals surface area contributed by atoms with E-state index in [0.29, 0.717) is 18.8 Å². The normalized spacial score (nSPS) is 18.8. The predicted molar refractivity (Wildman–Crippen MR) is 71.6 cm³/mol. The van der Waals surface area contributed by atoms with Gasteiger partial charge in [-0.25, -0.2) is 4.98 Å². The molecule has 1 unspecified atom stereocenters. The van der Waals surface area contributed by atoms with E-state index in [2.05, 4.69) is 16.4 Å². The summed E-state index contributed by atoms with van der Waals surface area (Å²) in [6.45, 7) is 2.05. The van der Waals surface area contributed by atoms with Gasteiger partial charge in [-0.1, -0.05) is 0 Å². The third-order valence-corrected chi connectivity index (χ3v) is 3.17. The van der Waals surface area contributed by atoms with Gasteiger partial charge < -0.3 is 15.1 Å². The van der Waals surface area contributed by atoms with Gasteiger partial charge in [0.15, 0.2) is 5.69 Å². The molecule has 19 heavy (non-hydrogen) atoms. The van der Waals surface area contributed by atoms with E-state index in [1.165, 1.54) is 0 Å². The summed E-state index contributed by atoms with van der Waals surface area (Å²) >= 11 is 0. The quantitative estimate of drug-likeness (QED) is 0.797. The Balaban J connectivity index is 2.35. The van der Waals surface area contributed by atoms with Crippen LogP contribution in [0.1, 0.15) is 5.69 Å². The summed E-state index contributed by atoms with van der Waals surface area (Å²) in [5.41, 5.74) is 1.09. The van der Waals surface area contributed by atoms with Crippen molar-refractivity contribution in [3.05, 3.63) is 24.0 Å². The second kappa shape index (κ2) is 5.67. The molecule has 0 spiro atoms. The van der Waals surface area contributed by atoms with Crippen LogP contribution in [0.4, 0.5) is 5.69 Å². The molecule has 1 aromatic heterocycles. The van der Waals surface area contributed by atoms with Crippen LogP contribution in [0.25, 0.3) is 0 Å². The third kappa shape index (κ3) is 2.66. The average molecular weight is 259 g/mol. The number of anilines is 1. The molecule has 1 saturated heterocycles. The number of aromatic nitrogens is 1. The number of carbonyl (C=O) groups is 1. The lowest BCUT2D eigenvalue weighted by atomic mass is 10.1. The topological polar surface area (TPSA) is 72.3 Å². The molecule has 6 heteroatoms. The molecule has 2 rings (SSSR count). The minimum atomic E-state index is -0.292. The van der Waals surface area contributed by atoms with Crippen molar-refractivity contribution in [1.82, 2.24) is 15.2 Å². The molecule has 0 aromatic carbocycles. The minimum absolute atomic E-state index is 0.0277. The minimum Gasteiger partial charge on any atom is -0.355 e. The van der Waals surface area contributed by atoms with Gasteiger partial charge in [0.2, 0.25) is 5.91 Å². The standard InChI is InChI=1S/C13H17N5O/c1-17(2)13(19)12-9-15-6-7-18(12)11-4-3-5-16-10(11)8-14/h3-5,12,15H,6-7,9H2,1-2H3. The highest BCUT2D eigenvalue weighted by Crippen LogP contribution is 2.21. The number of hydrogen-bond acceptors (Lipinski definition) is 5. The molecule has 100 valence electrons. The molecule has 0 radical (unpaired) electrons. The summed E-state index contributed by atoms with van der Waals surface area (Å²) in [4.78, 5) is 19.8. The molecule has 6 nitrogen and oxygen atoms in total. The fourth-order valence-corrected chi connectivity index (χ4v) is 2.23. The van der Waals surface area contributed by atoms with Gasteiger partial charge in [0, 0.05) is 39.9 Å². The highest BCUT2D eigenvalue weighted by atomic mass is 16.2. The Hall–Kier alpha value is -2.13. The Kier molecular flexibility index (Phi) is 3.97. The summed E-state index contributed by atoms with van der Waals surface area (Å²) in [6.07, 6.45) is 1.59. The smallest absolute Gasteiger partial charge is 0.246 e. The number of rotatable bonds is 2. The first-order valence-electron chi connectivity index (χ1n) is 6.18. The van der Waals surface area contributed by atoms with Crippen molar-refractivity contribution < 1.29 is 4.79 Å². The van der Waals surface area contributed by atoms with Gasteiger partial charge in [-0.3, -0.25) is 4.79 Å². The molecular weight excluding hydrogens is 242 g/mol. The highest BCUT2D eigenvalue weighted by molar-refractivity contribution is 5.86. The maximum absolute atomic E-state index is 12.2. The molecular formula is C13H17N5O. The first-order valence-corrected chi connectivity index (χ1v) is 6.18. The second-order valence-corrected chi connectivity index (χ2v) is 4.63. The van der Waals surface area contributed by atoms with Gasteiger partial charge in [0.1, 0.15) is 12.1 Å². The van der Waals surface area contributed by atoms with Gasteiger partial charge in [-0.15, -0.1) is 0 Å². The average Bonchev–Trinajstić information content (AvgIpc) is 2.46. The van der Waals surface area contributed by atoms with Crippen LogP contribution < -0.4 is 10.2 Å². The number of nitrogens with one attached hydrogen (secondary N) is 1. The van der Waals surface area contributed by atoms with Crippen molar-refractivity contribution in [2.45, 2.75) is 6.04 Å². The molecule has 1 aromatic rings. The van der Waals surface area contributed by atoms with Gasteiger partial charge in [-0.05, 0) is 12.1 Å². The zero-order chi connectivity index (χ0) is 13.8. The molecule has 2 heterocycles. The maximum Gasteiger partial charge on any atom is 0.246 e. The second-order valence-electron chi connectivity index (χ2n) is 4.63. The first kappa shape index (κ1) is 13.3. The SMILES string of the molecule is CN(C)C(=O)C1CNCCN1c1cccnc1C#N. The fraction of sp³-hybridized carbons (Fsp3) is 0.462. The molecule has 0 saturated carbocycles. The van der Waals surface area contributed by atoms with Crippen LogP contribution in [0.15, 0.2) is 18.3 Å². The first-order chi connectivity index (χ1) is 9.15. The molecule has 0 bridgehead atoms. The molecule has 1 aliphatic heterocycles. The van der Waals surface area contributed by atoms with Crippen LogP contribution in [0, 0.1) is 11.3 Å². The van der Waals surface area contributed by atoms with Crippen LogP contribution in [0.3, 0.4) is 0 Å². The molecule has 1 fully saturated rings. The summed E-state index contributed by atoms with van der Waals surface area (Å²) < 4.78 is 0. The van der Waals surface area contributed by atoms with E-state index < -0.39 is 0 Å². The number of pyridine rings is 1. The Bertz CT molecular complexity index is 508. The van der Waals surface area contributed by atoms with E-state index in [0.717, 1.165) is 12.2 Å². The number of amides is 1. The zero-order valence-corrected chi connectivity index (χ0v) is 11.1. The lowest BCUT2D eigenvalue weighted by molar-refractivity contribution is -0.130. The Labute approximate surface area is 112 Å². The van der Waals surface area contributed by atoms with Crippen molar-refractivity contribution in [2.75, 3.05) is 38.6 Å². The number of nitrogens with zero attached hydrogens (tertiary/aromatic N) is 4. The number of piperazine rings is 1. The van der Waals surface area contributed by atoms with E-state index in [1.54, 1.807) is 31.3 Å². The summed E-state index contributed by atoms with van der Waals surface area (Å²) in [5.74, 6) is 0.0277. The van der Waals surface area contributed by atoms with Crippen LogP contribution in [0.2, 0.25) is 0 Å². The zero-order valence-electron chi connectivity index (χ0n) is 11.1. The number of hydrogen-bond donors (Lipinski definition) is 1. The van der Waals surface area contributed by atoms with E-state index in [1.807, 2.05) is 11.0 Å². The summed E-state index contributed by atoms with van der Waals surface area (Å²) in [7, 11) is 3.48. The van der Waals surface area contributed by atoms with E-state index in [9.17, 15) is 4.79 Å². The molecule has 0 aliphatic carbocycles. The molecule has 1 N–H and O–H groups in total. The van der Waals surface area contributed by atoms with Crippen molar-refractivity contribution >= 4 is 11.6 Å². The predicted octanol–water partition coefficient (Wildman–Crippen LogP) is -0.180. The Morgan fingerprint density at radius 3 is 3.11 bits per heavy atom. The van der Waals surface area contributed by atoms with E-state index >= 15 is 0 Å². The lowest BCUT2D eigenvalue weighted by Gasteiger charge is -2.38. The van der Waals surface area contributed by atoms with Gasteiger partial charge in [0.05, 0.1) is 5.69 Å².